The van der Waals surface area contributed by atoms with Crippen molar-refractivity contribution in [3.63, 3.8) is 0 Å². The van der Waals surface area contributed by atoms with E-state index < -0.39 is 0 Å². The van der Waals surface area contributed by atoms with E-state index in [2.05, 4.69) is 61.1 Å². The van der Waals surface area contributed by atoms with E-state index >= 15 is 0 Å². The molecule has 0 radical (unpaired) electrons. The van der Waals surface area contributed by atoms with Crippen LogP contribution in [0.15, 0.2) is 23.5 Å². The van der Waals surface area contributed by atoms with Gasteiger partial charge >= 0.3 is 0 Å². The lowest BCUT2D eigenvalue weighted by molar-refractivity contribution is 0.260. The lowest BCUT2D eigenvalue weighted by Crippen LogP contribution is -2.50. The molecular weight excluding hydrogens is 491 g/mol. The highest BCUT2D eigenvalue weighted by Crippen LogP contribution is 2.09. The molecule has 30 heavy (non-hydrogen) atoms. The molecule has 1 aliphatic rings. The van der Waals surface area contributed by atoms with Crippen molar-refractivity contribution in [3.05, 3.63) is 18.5 Å². The largest absolute Gasteiger partial charge is 0.355 e. The van der Waals surface area contributed by atoms with E-state index in [0.29, 0.717) is 6.04 Å². The number of aliphatic imine (C=N–C) groups is 1. The third-order valence-electron chi connectivity index (χ3n) is 5.54. The summed E-state index contributed by atoms with van der Waals surface area (Å²) in [6.07, 6.45) is 5.98. The topological polar surface area (TPSA) is 71.9 Å². The third-order valence-corrected chi connectivity index (χ3v) is 5.54. The van der Waals surface area contributed by atoms with E-state index in [1.807, 2.05) is 25.5 Å². The predicted octanol–water partition coefficient (Wildman–Crippen LogP) is 1.89. The molecule has 2 rings (SSSR count). The van der Waals surface area contributed by atoms with Gasteiger partial charge < -0.3 is 20.4 Å². The molecule has 1 saturated heterocycles. The highest BCUT2D eigenvalue weighted by atomic mass is 127. The van der Waals surface area contributed by atoms with Crippen LogP contribution in [0.2, 0.25) is 0 Å². The molecule has 2 N–H and O–H groups in total. The van der Waals surface area contributed by atoms with Crippen molar-refractivity contribution in [1.29, 1.82) is 0 Å². The first-order chi connectivity index (χ1) is 14.2. The van der Waals surface area contributed by atoms with Crippen molar-refractivity contribution in [2.45, 2.75) is 39.7 Å². The summed E-state index contributed by atoms with van der Waals surface area (Å²) in [4.78, 5) is 20.3. The average Bonchev–Trinajstić information content (AvgIpc) is 2.77. The Bertz CT molecular complexity index is 574. The first-order valence-corrected chi connectivity index (χ1v) is 11.1. The Morgan fingerprint density at radius 2 is 1.83 bits per heavy atom. The van der Waals surface area contributed by atoms with Gasteiger partial charge in [-0.25, -0.2) is 9.97 Å². The van der Waals surface area contributed by atoms with Crippen LogP contribution >= 0.6 is 24.0 Å². The first kappa shape index (κ1) is 26.8. The fourth-order valence-corrected chi connectivity index (χ4v) is 3.62. The van der Waals surface area contributed by atoms with Crippen molar-refractivity contribution >= 4 is 35.9 Å². The summed E-state index contributed by atoms with van der Waals surface area (Å²) in [6.45, 7) is 16.1. The molecule has 1 atom stereocenters. The lowest BCUT2D eigenvalue weighted by atomic mass is 10.2. The maximum Gasteiger partial charge on any atom is 0.225 e. The van der Waals surface area contributed by atoms with Gasteiger partial charge in [0.1, 0.15) is 0 Å². The number of halogens is 1. The molecule has 1 fully saturated rings. The number of anilines is 1. The fourth-order valence-electron chi connectivity index (χ4n) is 3.62. The Labute approximate surface area is 199 Å². The Morgan fingerprint density at radius 3 is 2.43 bits per heavy atom. The molecule has 8 nitrogen and oxygen atoms in total. The Hall–Kier alpha value is -1.20. The normalized spacial score (nSPS) is 16.3. The number of nitrogens with one attached hydrogen (secondary N) is 2. The maximum atomic E-state index is 4.38. The van der Waals surface area contributed by atoms with Crippen molar-refractivity contribution in [3.8, 4) is 0 Å². The van der Waals surface area contributed by atoms with Gasteiger partial charge in [-0.05, 0) is 45.5 Å². The molecule has 0 amide bonds. The Kier molecular flexibility index (Phi) is 13.9. The summed E-state index contributed by atoms with van der Waals surface area (Å²) in [7, 11) is 1.84. The predicted molar refractivity (Wildman–Crippen MR) is 137 cm³/mol. The van der Waals surface area contributed by atoms with Gasteiger partial charge in [0.15, 0.2) is 5.96 Å². The summed E-state index contributed by atoms with van der Waals surface area (Å²) in [6, 6.07) is 2.28. The number of hydrogen-bond donors (Lipinski definition) is 2. The Balaban J connectivity index is 0.00000450. The Morgan fingerprint density at radius 1 is 1.17 bits per heavy atom. The van der Waals surface area contributed by atoms with Gasteiger partial charge in [0.05, 0.1) is 0 Å². The summed E-state index contributed by atoms with van der Waals surface area (Å²) < 4.78 is 0. The van der Waals surface area contributed by atoms with Crippen molar-refractivity contribution in [2.24, 2.45) is 4.99 Å². The van der Waals surface area contributed by atoms with E-state index in [1.54, 1.807) is 0 Å². The molecule has 0 spiro atoms. The fraction of sp³-hybridized carbons (Fsp3) is 0.762. The summed E-state index contributed by atoms with van der Waals surface area (Å²) in [5.74, 6) is 1.74. The van der Waals surface area contributed by atoms with Crippen LogP contribution < -0.4 is 15.5 Å². The van der Waals surface area contributed by atoms with Crippen molar-refractivity contribution in [1.82, 2.24) is 30.4 Å². The molecule has 1 unspecified atom stereocenters. The second-order valence-corrected chi connectivity index (χ2v) is 7.59. The quantitative estimate of drug-likeness (QED) is 0.256. The van der Waals surface area contributed by atoms with Gasteiger partial charge in [0.25, 0.3) is 0 Å². The average molecular weight is 533 g/mol. The molecule has 0 aliphatic carbocycles. The van der Waals surface area contributed by atoms with Crippen LogP contribution in [-0.4, -0.2) is 97.7 Å². The number of nitrogens with zero attached hydrogens (tertiary/aromatic N) is 6. The first-order valence-electron chi connectivity index (χ1n) is 11.1. The minimum atomic E-state index is 0. The molecule has 0 aromatic carbocycles. The van der Waals surface area contributed by atoms with Gasteiger partial charge in [-0.1, -0.05) is 13.8 Å². The van der Waals surface area contributed by atoms with Gasteiger partial charge in [0.2, 0.25) is 5.95 Å². The zero-order valence-corrected chi connectivity index (χ0v) is 21.5. The molecule has 0 saturated carbocycles. The van der Waals surface area contributed by atoms with Crippen LogP contribution in [0.3, 0.4) is 0 Å². The molecule has 1 aromatic rings. The van der Waals surface area contributed by atoms with Crippen LogP contribution in [-0.2, 0) is 0 Å². The van der Waals surface area contributed by atoms with Gasteiger partial charge in [-0.2, -0.15) is 0 Å². The second-order valence-electron chi connectivity index (χ2n) is 7.59. The van der Waals surface area contributed by atoms with Crippen LogP contribution in [0, 0.1) is 0 Å². The van der Waals surface area contributed by atoms with Crippen molar-refractivity contribution in [2.75, 3.05) is 70.9 Å². The van der Waals surface area contributed by atoms with Crippen LogP contribution in [0.5, 0.6) is 0 Å². The summed E-state index contributed by atoms with van der Waals surface area (Å²) in [5, 5.41) is 6.98. The maximum absolute atomic E-state index is 4.38. The standard InChI is InChI=1S/C21H40N8.HI/c1-5-27(6-2)13-7-9-19(3)26-20(22-4)23-12-14-28-15-17-29(18-16-28)21-24-10-8-11-25-21;/h8,10-11,19H,5-7,9,12-18H2,1-4H3,(H2,22,23,26);1H. The molecule has 1 aliphatic heterocycles. The zero-order chi connectivity index (χ0) is 20.9. The number of hydrogen-bond acceptors (Lipinski definition) is 6. The second kappa shape index (κ2) is 15.6. The van der Waals surface area contributed by atoms with Crippen LogP contribution in [0.1, 0.15) is 33.6 Å². The van der Waals surface area contributed by atoms with Gasteiger partial charge in [-0.3, -0.25) is 9.89 Å². The smallest absolute Gasteiger partial charge is 0.225 e. The lowest BCUT2D eigenvalue weighted by Gasteiger charge is -2.34. The minimum Gasteiger partial charge on any atom is -0.355 e. The van der Waals surface area contributed by atoms with Crippen molar-refractivity contribution < 1.29 is 0 Å². The molecule has 172 valence electrons. The van der Waals surface area contributed by atoms with E-state index in [1.165, 1.54) is 13.0 Å². The summed E-state index contributed by atoms with van der Waals surface area (Å²) in [5.41, 5.74) is 0. The molecule has 9 heteroatoms. The van der Waals surface area contributed by atoms with E-state index in [-0.39, 0.29) is 24.0 Å². The van der Waals surface area contributed by atoms with E-state index in [4.69, 9.17) is 0 Å². The van der Waals surface area contributed by atoms with Crippen LogP contribution in [0.25, 0.3) is 0 Å². The zero-order valence-electron chi connectivity index (χ0n) is 19.2. The summed E-state index contributed by atoms with van der Waals surface area (Å²) >= 11 is 0. The van der Waals surface area contributed by atoms with E-state index in [9.17, 15) is 0 Å². The number of rotatable bonds is 11. The van der Waals surface area contributed by atoms with E-state index in [0.717, 1.165) is 70.7 Å². The minimum absolute atomic E-state index is 0. The molecule has 2 heterocycles. The highest BCUT2D eigenvalue weighted by molar-refractivity contribution is 14.0. The number of piperazine rings is 1. The van der Waals surface area contributed by atoms with Gasteiger partial charge in [-0.15, -0.1) is 24.0 Å². The third kappa shape index (κ3) is 9.74. The molecule has 1 aromatic heterocycles. The molecule has 0 bridgehead atoms. The number of guanidine groups is 1. The highest BCUT2D eigenvalue weighted by Gasteiger charge is 2.18. The van der Waals surface area contributed by atoms with Crippen LogP contribution in [0.4, 0.5) is 5.95 Å². The number of aromatic nitrogens is 2. The monoisotopic (exact) mass is 532 g/mol. The SMILES string of the molecule is CCN(CC)CCCC(C)NC(=NC)NCCN1CCN(c2ncccn2)CC1.I. The molecular formula is C21H41IN8. The van der Waals surface area contributed by atoms with Gasteiger partial charge in [0, 0.05) is 64.8 Å².